The lowest BCUT2D eigenvalue weighted by molar-refractivity contribution is 0.573. The molecule has 0 aliphatic rings. The van der Waals surface area contributed by atoms with E-state index in [1.165, 1.54) is 5.56 Å². The van der Waals surface area contributed by atoms with Crippen LogP contribution in [0.25, 0.3) is 0 Å². The first-order chi connectivity index (χ1) is 9.20. The summed E-state index contributed by atoms with van der Waals surface area (Å²) in [6, 6.07) is 18.3. The fraction of sp³-hybridized carbons (Fsp3) is 0.188. The summed E-state index contributed by atoms with van der Waals surface area (Å²) in [5, 5.41) is 12.3. The highest BCUT2D eigenvalue weighted by Gasteiger charge is 2.07. The van der Waals surface area contributed by atoms with Crippen LogP contribution in [-0.4, -0.2) is 0 Å². The van der Waals surface area contributed by atoms with Gasteiger partial charge in [-0.05, 0) is 36.2 Å². The van der Waals surface area contributed by atoms with Crippen molar-refractivity contribution >= 4 is 15.9 Å². The molecule has 19 heavy (non-hydrogen) atoms. The molecule has 0 unspecified atom stereocenters. The van der Waals surface area contributed by atoms with Crippen LogP contribution >= 0.6 is 15.9 Å². The Balaban J connectivity index is 2.03. The molecule has 0 aliphatic heterocycles. The van der Waals surface area contributed by atoms with Gasteiger partial charge in [0.05, 0.1) is 11.6 Å². The van der Waals surface area contributed by atoms with Crippen molar-refractivity contribution in [3.63, 3.8) is 0 Å². The first-order valence-electron chi connectivity index (χ1n) is 6.17. The summed E-state index contributed by atoms with van der Waals surface area (Å²) in [4.78, 5) is 0. The fourth-order valence-corrected chi connectivity index (χ4v) is 2.59. The summed E-state index contributed by atoms with van der Waals surface area (Å²) in [5.74, 6) is 0. The fourth-order valence-electron chi connectivity index (χ4n) is 1.96. The van der Waals surface area contributed by atoms with E-state index in [2.05, 4.69) is 40.3 Å². The molecule has 0 bridgehead atoms. The lowest BCUT2D eigenvalue weighted by Gasteiger charge is -2.16. The topological polar surface area (TPSA) is 35.8 Å². The minimum Gasteiger partial charge on any atom is -0.306 e. The summed E-state index contributed by atoms with van der Waals surface area (Å²) >= 11 is 3.56. The van der Waals surface area contributed by atoms with E-state index in [1.54, 1.807) is 0 Å². The Hall–Kier alpha value is -1.63. The van der Waals surface area contributed by atoms with Crippen molar-refractivity contribution in [2.45, 2.75) is 19.5 Å². The van der Waals surface area contributed by atoms with Gasteiger partial charge in [-0.2, -0.15) is 5.26 Å². The molecule has 0 radical (unpaired) electrons. The minimum atomic E-state index is 0.251. The molecular weight excluding hydrogens is 300 g/mol. The maximum Gasteiger partial charge on any atom is 0.0991 e. The third-order valence-electron chi connectivity index (χ3n) is 3.04. The van der Waals surface area contributed by atoms with Gasteiger partial charge in [0.15, 0.2) is 0 Å². The van der Waals surface area contributed by atoms with E-state index in [0.29, 0.717) is 5.56 Å². The monoisotopic (exact) mass is 314 g/mol. The smallest absolute Gasteiger partial charge is 0.0991 e. The number of halogens is 1. The van der Waals surface area contributed by atoms with Crippen molar-refractivity contribution in [3.8, 4) is 6.07 Å². The van der Waals surface area contributed by atoms with Gasteiger partial charge in [0.25, 0.3) is 0 Å². The Morgan fingerprint density at radius 3 is 2.74 bits per heavy atom. The maximum atomic E-state index is 8.88. The zero-order valence-corrected chi connectivity index (χ0v) is 12.3. The summed E-state index contributed by atoms with van der Waals surface area (Å²) in [7, 11) is 0. The predicted molar refractivity (Wildman–Crippen MR) is 80.6 cm³/mol. The first kappa shape index (κ1) is 13.8. The van der Waals surface area contributed by atoms with E-state index in [4.69, 9.17) is 5.26 Å². The standard InChI is InChI=1S/C16H15BrN2/c1-12(15-7-2-3-8-16(15)17)19-11-14-6-4-5-13(9-14)10-18/h2-9,12,19H,11H2,1H3/t12-/m0/s1. The molecule has 0 heterocycles. The number of rotatable bonds is 4. The van der Waals surface area contributed by atoms with Gasteiger partial charge in [-0.15, -0.1) is 0 Å². The molecule has 1 atom stereocenters. The van der Waals surface area contributed by atoms with Crippen LogP contribution in [0.1, 0.15) is 29.7 Å². The van der Waals surface area contributed by atoms with Gasteiger partial charge in [-0.1, -0.05) is 46.3 Å². The lowest BCUT2D eigenvalue weighted by atomic mass is 10.1. The van der Waals surface area contributed by atoms with Crippen LogP contribution in [0.15, 0.2) is 53.0 Å². The number of hydrogen-bond donors (Lipinski definition) is 1. The molecular formula is C16H15BrN2. The predicted octanol–water partition coefficient (Wildman–Crippen LogP) is 4.17. The number of nitriles is 1. The van der Waals surface area contributed by atoms with Crippen LogP contribution in [0.4, 0.5) is 0 Å². The average Bonchev–Trinajstić information content (AvgIpc) is 2.45. The highest BCUT2D eigenvalue weighted by molar-refractivity contribution is 9.10. The SMILES string of the molecule is C[C@H](NCc1cccc(C#N)c1)c1ccccc1Br. The second kappa shape index (κ2) is 6.51. The van der Waals surface area contributed by atoms with E-state index >= 15 is 0 Å². The molecule has 2 aromatic carbocycles. The Labute approximate surface area is 122 Å². The Morgan fingerprint density at radius 1 is 1.21 bits per heavy atom. The van der Waals surface area contributed by atoms with Gasteiger partial charge in [-0.3, -0.25) is 0 Å². The van der Waals surface area contributed by atoms with Crippen molar-refractivity contribution in [2.75, 3.05) is 0 Å². The van der Waals surface area contributed by atoms with Crippen molar-refractivity contribution in [1.82, 2.24) is 5.32 Å². The van der Waals surface area contributed by atoms with E-state index in [-0.39, 0.29) is 6.04 Å². The first-order valence-corrected chi connectivity index (χ1v) is 6.97. The molecule has 0 amide bonds. The molecule has 2 rings (SSSR count). The zero-order chi connectivity index (χ0) is 13.7. The third kappa shape index (κ3) is 3.66. The molecule has 0 aromatic heterocycles. The lowest BCUT2D eigenvalue weighted by Crippen LogP contribution is -2.18. The zero-order valence-electron chi connectivity index (χ0n) is 10.7. The van der Waals surface area contributed by atoms with Crippen LogP contribution in [0, 0.1) is 11.3 Å². The third-order valence-corrected chi connectivity index (χ3v) is 3.76. The minimum absolute atomic E-state index is 0.251. The second-order valence-corrected chi connectivity index (χ2v) is 5.29. The number of nitrogens with one attached hydrogen (secondary N) is 1. The van der Waals surface area contributed by atoms with Crippen LogP contribution < -0.4 is 5.32 Å². The number of benzene rings is 2. The summed E-state index contributed by atoms with van der Waals surface area (Å²) < 4.78 is 1.11. The Morgan fingerprint density at radius 2 is 2.00 bits per heavy atom. The molecule has 0 aliphatic carbocycles. The van der Waals surface area contributed by atoms with E-state index in [9.17, 15) is 0 Å². The van der Waals surface area contributed by atoms with Crippen LogP contribution in [0.5, 0.6) is 0 Å². The van der Waals surface area contributed by atoms with Gasteiger partial charge in [0, 0.05) is 17.1 Å². The molecule has 3 heteroatoms. The van der Waals surface area contributed by atoms with Crippen LogP contribution in [0.2, 0.25) is 0 Å². The van der Waals surface area contributed by atoms with E-state index in [0.717, 1.165) is 16.6 Å². The quantitative estimate of drug-likeness (QED) is 0.919. The maximum absolute atomic E-state index is 8.88. The van der Waals surface area contributed by atoms with Gasteiger partial charge in [0.1, 0.15) is 0 Å². The molecule has 2 aromatic rings. The largest absolute Gasteiger partial charge is 0.306 e. The van der Waals surface area contributed by atoms with Crippen molar-refractivity contribution < 1.29 is 0 Å². The second-order valence-electron chi connectivity index (χ2n) is 4.44. The summed E-state index contributed by atoms with van der Waals surface area (Å²) in [6.45, 7) is 2.88. The van der Waals surface area contributed by atoms with Crippen LogP contribution in [-0.2, 0) is 6.54 Å². The number of hydrogen-bond acceptors (Lipinski definition) is 2. The summed E-state index contributed by atoms with van der Waals surface area (Å²) in [5.41, 5.74) is 3.06. The Kier molecular flexibility index (Phi) is 4.73. The molecule has 96 valence electrons. The highest BCUT2D eigenvalue weighted by atomic mass is 79.9. The van der Waals surface area contributed by atoms with Crippen molar-refractivity contribution in [1.29, 1.82) is 5.26 Å². The molecule has 0 fully saturated rings. The molecule has 0 saturated heterocycles. The summed E-state index contributed by atoms with van der Waals surface area (Å²) in [6.07, 6.45) is 0. The number of nitrogens with zero attached hydrogens (tertiary/aromatic N) is 1. The van der Waals surface area contributed by atoms with E-state index in [1.807, 2.05) is 42.5 Å². The van der Waals surface area contributed by atoms with Crippen molar-refractivity contribution in [3.05, 3.63) is 69.7 Å². The van der Waals surface area contributed by atoms with Gasteiger partial charge in [-0.25, -0.2) is 0 Å². The normalized spacial score (nSPS) is 11.8. The molecule has 2 nitrogen and oxygen atoms in total. The van der Waals surface area contributed by atoms with Gasteiger partial charge in [0.2, 0.25) is 0 Å². The average molecular weight is 315 g/mol. The van der Waals surface area contributed by atoms with E-state index < -0.39 is 0 Å². The van der Waals surface area contributed by atoms with Crippen LogP contribution in [0.3, 0.4) is 0 Å². The van der Waals surface area contributed by atoms with Gasteiger partial charge >= 0.3 is 0 Å². The highest BCUT2D eigenvalue weighted by Crippen LogP contribution is 2.22. The Bertz CT molecular complexity index is 602. The molecule has 0 saturated carbocycles. The van der Waals surface area contributed by atoms with Gasteiger partial charge < -0.3 is 5.32 Å². The molecule has 1 N–H and O–H groups in total. The molecule has 0 spiro atoms. The van der Waals surface area contributed by atoms with Crippen molar-refractivity contribution in [2.24, 2.45) is 0 Å².